The molecule has 3 atom stereocenters. The maximum absolute atomic E-state index is 12.3. The number of halogens is 1. The van der Waals surface area contributed by atoms with Gasteiger partial charge in [-0.15, -0.1) is 11.8 Å². The Hall–Kier alpha value is -1.24. The molecule has 0 aromatic heterocycles. The number of carboxylic acids is 1. The van der Waals surface area contributed by atoms with E-state index in [2.05, 4.69) is 5.32 Å². The second-order valence-corrected chi connectivity index (χ2v) is 6.98. The summed E-state index contributed by atoms with van der Waals surface area (Å²) >= 11 is 7.79. The quantitative estimate of drug-likeness (QED) is 0.884. The first kappa shape index (κ1) is 15.6. The molecule has 2 aliphatic rings. The molecule has 0 spiro atoms. The average Bonchev–Trinajstić information content (AvgIpc) is 2.98. The van der Waals surface area contributed by atoms with Gasteiger partial charge in [0, 0.05) is 15.7 Å². The molecule has 1 unspecified atom stereocenters. The Bertz CT molecular complexity index is 609. The number of hydrogen-bond donors (Lipinski definition) is 2. The number of thioether (sulfide) groups is 1. The van der Waals surface area contributed by atoms with Crippen molar-refractivity contribution in [2.45, 2.75) is 42.4 Å². The van der Waals surface area contributed by atoms with E-state index in [-0.39, 0.29) is 11.9 Å². The number of ether oxygens (including phenoxy) is 1. The zero-order valence-corrected chi connectivity index (χ0v) is 13.3. The van der Waals surface area contributed by atoms with E-state index in [9.17, 15) is 9.59 Å². The van der Waals surface area contributed by atoms with E-state index in [1.165, 1.54) is 0 Å². The standard InChI is InChI=1S/C15H16ClNO4S/c16-8-1-4-13-9(7-8)10(5-6-22-13)17-14(18)11-2-3-12(21-11)15(19)20/h1,4,7,10-12H,2-3,5-6H2,(H,17,18)(H,19,20)/t10?,11-,12+/m0/s1. The number of carbonyl (C=O) groups is 2. The van der Waals surface area contributed by atoms with E-state index in [0.29, 0.717) is 17.9 Å². The van der Waals surface area contributed by atoms with Crippen molar-refractivity contribution in [3.8, 4) is 0 Å². The minimum absolute atomic E-state index is 0.102. The zero-order chi connectivity index (χ0) is 15.7. The van der Waals surface area contributed by atoms with Gasteiger partial charge in [-0.3, -0.25) is 4.79 Å². The molecule has 2 heterocycles. The van der Waals surface area contributed by atoms with Gasteiger partial charge in [0.25, 0.3) is 0 Å². The zero-order valence-electron chi connectivity index (χ0n) is 11.8. The van der Waals surface area contributed by atoms with Crippen molar-refractivity contribution in [1.29, 1.82) is 0 Å². The van der Waals surface area contributed by atoms with Crippen molar-refractivity contribution in [2.24, 2.45) is 0 Å². The molecule has 3 rings (SSSR count). The van der Waals surface area contributed by atoms with Crippen molar-refractivity contribution in [2.75, 3.05) is 5.75 Å². The van der Waals surface area contributed by atoms with Crippen LogP contribution >= 0.6 is 23.4 Å². The molecule has 5 nitrogen and oxygen atoms in total. The first-order chi connectivity index (χ1) is 10.5. The van der Waals surface area contributed by atoms with Crippen LogP contribution in [-0.4, -0.2) is 34.9 Å². The summed E-state index contributed by atoms with van der Waals surface area (Å²) in [6, 6.07) is 5.58. The summed E-state index contributed by atoms with van der Waals surface area (Å²) in [5.74, 6) is -0.337. The van der Waals surface area contributed by atoms with Crippen LogP contribution in [0.5, 0.6) is 0 Å². The van der Waals surface area contributed by atoms with Gasteiger partial charge >= 0.3 is 5.97 Å². The molecular weight excluding hydrogens is 326 g/mol. The van der Waals surface area contributed by atoms with E-state index in [1.807, 2.05) is 18.2 Å². The van der Waals surface area contributed by atoms with Gasteiger partial charge in [-0.05, 0) is 43.0 Å². The van der Waals surface area contributed by atoms with Gasteiger partial charge in [-0.25, -0.2) is 4.79 Å². The summed E-state index contributed by atoms with van der Waals surface area (Å²) in [5.41, 5.74) is 1.02. The lowest BCUT2D eigenvalue weighted by atomic mass is 10.0. The monoisotopic (exact) mass is 341 g/mol. The summed E-state index contributed by atoms with van der Waals surface area (Å²) in [4.78, 5) is 24.3. The van der Waals surface area contributed by atoms with E-state index < -0.39 is 18.2 Å². The molecule has 0 aliphatic carbocycles. The van der Waals surface area contributed by atoms with Gasteiger partial charge in [0.2, 0.25) is 5.91 Å². The van der Waals surface area contributed by atoms with Gasteiger partial charge in [0.1, 0.15) is 6.10 Å². The average molecular weight is 342 g/mol. The first-order valence-corrected chi connectivity index (χ1v) is 8.52. The minimum Gasteiger partial charge on any atom is -0.479 e. The smallest absolute Gasteiger partial charge is 0.332 e. The van der Waals surface area contributed by atoms with Crippen LogP contribution in [0.1, 0.15) is 30.9 Å². The molecular formula is C15H16ClNO4S. The van der Waals surface area contributed by atoms with Gasteiger partial charge in [0.05, 0.1) is 6.04 Å². The Labute approximate surface area is 137 Å². The topological polar surface area (TPSA) is 75.6 Å². The fourth-order valence-electron chi connectivity index (χ4n) is 2.79. The summed E-state index contributed by atoms with van der Waals surface area (Å²) in [5, 5.41) is 12.5. The van der Waals surface area contributed by atoms with Crippen LogP contribution in [0, 0.1) is 0 Å². The van der Waals surface area contributed by atoms with E-state index >= 15 is 0 Å². The third-order valence-corrected chi connectivity index (χ3v) is 5.27. The lowest BCUT2D eigenvalue weighted by molar-refractivity contribution is -0.151. The minimum atomic E-state index is -1.01. The molecule has 0 bridgehead atoms. The number of rotatable bonds is 3. The number of benzene rings is 1. The molecule has 118 valence electrons. The molecule has 2 N–H and O–H groups in total. The summed E-state index contributed by atoms with van der Waals surface area (Å²) in [6.45, 7) is 0. The number of hydrogen-bond acceptors (Lipinski definition) is 4. The third-order valence-electron chi connectivity index (χ3n) is 3.92. The molecule has 1 saturated heterocycles. The van der Waals surface area contributed by atoms with Crippen molar-refractivity contribution in [3.63, 3.8) is 0 Å². The molecule has 22 heavy (non-hydrogen) atoms. The molecule has 1 aromatic carbocycles. The van der Waals surface area contributed by atoms with E-state index in [1.54, 1.807) is 11.8 Å². The van der Waals surface area contributed by atoms with E-state index in [4.69, 9.17) is 21.4 Å². The van der Waals surface area contributed by atoms with Gasteiger partial charge < -0.3 is 15.2 Å². The number of carbonyl (C=O) groups excluding carboxylic acids is 1. The number of amides is 1. The Morgan fingerprint density at radius 1 is 1.27 bits per heavy atom. The van der Waals surface area contributed by atoms with Crippen molar-refractivity contribution in [3.05, 3.63) is 28.8 Å². The van der Waals surface area contributed by atoms with Crippen LogP contribution in [0.3, 0.4) is 0 Å². The fourth-order valence-corrected chi connectivity index (χ4v) is 4.08. The van der Waals surface area contributed by atoms with Gasteiger partial charge in [-0.2, -0.15) is 0 Å². The number of carboxylic acid groups (broad SMARTS) is 1. The largest absolute Gasteiger partial charge is 0.479 e. The van der Waals surface area contributed by atoms with Crippen LogP contribution < -0.4 is 5.32 Å². The maximum atomic E-state index is 12.3. The second-order valence-electron chi connectivity index (χ2n) is 5.41. The van der Waals surface area contributed by atoms with Crippen molar-refractivity contribution in [1.82, 2.24) is 5.32 Å². The molecule has 7 heteroatoms. The maximum Gasteiger partial charge on any atom is 0.332 e. The number of fused-ring (bicyclic) bond motifs is 1. The lowest BCUT2D eigenvalue weighted by Crippen LogP contribution is -2.38. The van der Waals surface area contributed by atoms with Crippen molar-refractivity contribution >= 4 is 35.2 Å². The van der Waals surface area contributed by atoms with Crippen LogP contribution in [0.25, 0.3) is 0 Å². The third kappa shape index (κ3) is 3.24. The predicted octanol–water partition coefficient (Wildman–Crippen LogP) is 2.63. The highest BCUT2D eigenvalue weighted by Gasteiger charge is 2.36. The lowest BCUT2D eigenvalue weighted by Gasteiger charge is -2.27. The molecule has 1 aromatic rings. The van der Waals surface area contributed by atoms with Gasteiger partial charge in [0.15, 0.2) is 6.10 Å². The van der Waals surface area contributed by atoms with Crippen LogP contribution in [0.4, 0.5) is 0 Å². The molecule has 1 fully saturated rings. The normalized spacial score (nSPS) is 27.2. The summed E-state index contributed by atoms with van der Waals surface area (Å²) < 4.78 is 5.30. The van der Waals surface area contributed by atoms with Crippen molar-refractivity contribution < 1.29 is 19.4 Å². The summed E-state index contributed by atoms with van der Waals surface area (Å²) in [6.07, 6.45) is 0.0692. The highest BCUT2D eigenvalue weighted by Crippen LogP contribution is 2.37. The SMILES string of the molecule is O=C(NC1CCSc2ccc(Cl)cc21)[C@@H]1CC[C@H](C(=O)O)O1. The molecule has 0 saturated carbocycles. The van der Waals surface area contributed by atoms with Crippen LogP contribution in [-0.2, 0) is 14.3 Å². The first-order valence-electron chi connectivity index (χ1n) is 7.15. The summed E-state index contributed by atoms with van der Waals surface area (Å²) in [7, 11) is 0. The Kier molecular flexibility index (Phi) is 4.61. The molecule has 1 amide bonds. The molecule has 2 aliphatic heterocycles. The molecule has 0 radical (unpaired) electrons. The Morgan fingerprint density at radius 3 is 2.77 bits per heavy atom. The number of aliphatic carboxylic acids is 1. The predicted molar refractivity (Wildman–Crippen MR) is 83.2 cm³/mol. The van der Waals surface area contributed by atoms with E-state index in [0.717, 1.165) is 22.6 Å². The second kappa shape index (κ2) is 6.48. The van der Waals surface area contributed by atoms with Crippen LogP contribution in [0.15, 0.2) is 23.1 Å². The Morgan fingerprint density at radius 2 is 2.05 bits per heavy atom. The number of nitrogens with one attached hydrogen (secondary N) is 1. The highest BCUT2D eigenvalue weighted by atomic mass is 35.5. The van der Waals surface area contributed by atoms with Crippen LogP contribution in [0.2, 0.25) is 5.02 Å². The van der Waals surface area contributed by atoms with Gasteiger partial charge in [-0.1, -0.05) is 11.6 Å². The fraction of sp³-hybridized carbons (Fsp3) is 0.467. The highest BCUT2D eigenvalue weighted by molar-refractivity contribution is 7.99. The Balaban J connectivity index is 1.68.